The van der Waals surface area contributed by atoms with Crippen LogP contribution in [-0.4, -0.2) is 42.9 Å². The van der Waals surface area contributed by atoms with Crippen molar-refractivity contribution in [1.29, 1.82) is 0 Å². The van der Waals surface area contributed by atoms with Crippen LogP contribution in [0.25, 0.3) is 0 Å². The van der Waals surface area contributed by atoms with E-state index in [9.17, 15) is 13.2 Å². The molecule has 1 heterocycles. The monoisotopic (exact) mass is 469 g/mol. The molecule has 2 unspecified atom stereocenters. The average Bonchev–Trinajstić information content (AvgIpc) is 3.04. The van der Waals surface area contributed by atoms with E-state index in [1.807, 2.05) is 32.0 Å². The Balaban J connectivity index is 1.84. The first-order valence-electron chi connectivity index (χ1n) is 9.75. The molecule has 0 aromatic heterocycles. The Morgan fingerprint density at radius 1 is 1.20 bits per heavy atom. The smallest absolute Gasteiger partial charge is 0.263 e. The zero-order valence-electron chi connectivity index (χ0n) is 17.2. The topological polar surface area (TPSA) is 63.7 Å². The van der Waals surface area contributed by atoms with Gasteiger partial charge in [0.2, 0.25) is 0 Å². The van der Waals surface area contributed by atoms with Gasteiger partial charge in [0.05, 0.1) is 11.5 Å². The first-order valence-corrected chi connectivity index (χ1v) is 12.3. The molecule has 2 atom stereocenters. The Labute approximate surface area is 187 Å². The second-order valence-corrected chi connectivity index (χ2v) is 10.8. The van der Waals surface area contributed by atoms with Crippen LogP contribution in [0.4, 0.5) is 0 Å². The number of halogens is 2. The Hall–Kier alpha value is -1.76. The maximum absolute atomic E-state index is 13.3. The van der Waals surface area contributed by atoms with Crippen LogP contribution in [-0.2, 0) is 21.2 Å². The number of nitrogens with zero attached hydrogens (tertiary/aromatic N) is 1. The predicted octanol–water partition coefficient (Wildman–Crippen LogP) is 4.59. The summed E-state index contributed by atoms with van der Waals surface area (Å²) in [4.78, 5) is 14.9. The van der Waals surface area contributed by atoms with Crippen LogP contribution >= 0.6 is 23.2 Å². The molecular weight excluding hydrogens is 445 g/mol. The lowest BCUT2D eigenvalue weighted by Crippen LogP contribution is -2.46. The fraction of sp³-hybridized carbons (Fsp3) is 0.409. The molecule has 1 amide bonds. The third-order valence-corrected chi connectivity index (χ3v) is 8.02. The molecule has 0 spiro atoms. The van der Waals surface area contributed by atoms with Gasteiger partial charge < -0.3 is 9.64 Å². The van der Waals surface area contributed by atoms with Crippen molar-refractivity contribution in [2.45, 2.75) is 45.9 Å². The molecule has 1 aliphatic heterocycles. The third-order valence-electron chi connectivity index (χ3n) is 5.30. The third kappa shape index (κ3) is 5.29. The molecule has 0 saturated carbocycles. The Bertz CT molecular complexity index is 1030. The normalized spacial score (nSPS) is 18.8. The van der Waals surface area contributed by atoms with Crippen molar-refractivity contribution in [2.75, 3.05) is 11.5 Å². The first-order chi connectivity index (χ1) is 14.1. The van der Waals surface area contributed by atoms with Crippen molar-refractivity contribution >= 4 is 38.9 Å². The summed E-state index contributed by atoms with van der Waals surface area (Å²) in [6, 6.07) is 10.4. The highest BCUT2D eigenvalue weighted by Gasteiger charge is 2.37. The molecule has 1 aliphatic rings. The van der Waals surface area contributed by atoms with Gasteiger partial charge in [-0.2, -0.15) is 0 Å². The lowest BCUT2D eigenvalue weighted by atomic mass is 10.1. The summed E-state index contributed by atoms with van der Waals surface area (Å²) in [5, 5.41) is 1.20. The van der Waals surface area contributed by atoms with E-state index in [-0.39, 0.29) is 24.0 Å². The van der Waals surface area contributed by atoms with Crippen LogP contribution in [0.1, 0.15) is 30.0 Å². The standard InChI is InChI=1S/C22H25Cl2NO4S/c1-14-10-19(11-15(2)21(14)24)29-16(3)22(26)25(18-8-9-30(27,28)13-18)12-17-6-4-5-7-20(17)23/h4-7,10-11,16,18H,8-9,12-13H2,1-3H3. The van der Waals surface area contributed by atoms with Gasteiger partial charge in [0, 0.05) is 22.6 Å². The number of ether oxygens (including phenoxy) is 1. The van der Waals surface area contributed by atoms with Gasteiger partial charge in [0.1, 0.15) is 5.75 Å². The van der Waals surface area contributed by atoms with Gasteiger partial charge in [-0.15, -0.1) is 0 Å². The molecule has 2 aromatic carbocycles. The summed E-state index contributed by atoms with van der Waals surface area (Å²) in [6.07, 6.45) is -0.388. The van der Waals surface area contributed by atoms with Gasteiger partial charge in [-0.3, -0.25) is 4.79 Å². The number of benzene rings is 2. The zero-order chi connectivity index (χ0) is 22.1. The zero-order valence-corrected chi connectivity index (χ0v) is 19.5. The predicted molar refractivity (Wildman–Crippen MR) is 120 cm³/mol. The molecule has 0 bridgehead atoms. The second kappa shape index (κ2) is 9.16. The molecule has 3 rings (SSSR count). The number of aryl methyl sites for hydroxylation is 2. The molecule has 1 fully saturated rings. The van der Waals surface area contributed by atoms with Crippen molar-refractivity contribution < 1.29 is 17.9 Å². The Morgan fingerprint density at radius 3 is 2.40 bits per heavy atom. The van der Waals surface area contributed by atoms with E-state index in [0.717, 1.165) is 16.7 Å². The number of carbonyl (C=O) groups is 1. The summed E-state index contributed by atoms with van der Waals surface area (Å²) in [5.41, 5.74) is 2.49. The summed E-state index contributed by atoms with van der Waals surface area (Å²) in [5.74, 6) is 0.304. The van der Waals surface area contributed by atoms with Gasteiger partial charge in [0.25, 0.3) is 5.91 Å². The highest BCUT2D eigenvalue weighted by atomic mass is 35.5. The maximum Gasteiger partial charge on any atom is 0.263 e. The van der Waals surface area contributed by atoms with Gasteiger partial charge in [-0.1, -0.05) is 41.4 Å². The van der Waals surface area contributed by atoms with Crippen LogP contribution in [0.5, 0.6) is 5.75 Å². The summed E-state index contributed by atoms with van der Waals surface area (Å²) >= 11 is 12.5. The highest BCUT2D eigenvalue weighted by Crippen LogP contribution is 2.28. The molecule has 2 aromatic rings. The molecule has 5 nitrogen and oxygen atoms in total. The number of rotatable bonds is 6. The van der Waals surface area contributed by atoms with E-state index in [1.165, 1.54) is 0 Å². The van der Waals surface area contributed by atoms with E-state index in [2.05, 4.69) is 0 Å². The van der Waals surface area contributed by atoms with Crippen LogP contribution in [0.3, 0.4) is 0 Å². The summed E-state index contributed by atoms with van der Waals surface area (Å²) in [6.45, 7) is 5.65. The van der Waals surface area contributed by atoms with Crippen LogP contribution in [0.2, 0.25) is 10.0 Å². The van der Waals surface area contributed by atoms with Crippen LogP contribution in [0, 0.1) is 13.8 Å². The first kappa shape index (κ1) is 22.9. The van der Waals surface area contributed by atoms with E-state index >= 15 is 0 Å². The molecule has 0 N–H and O–H groups in total. The van der Waals surface area contributed by atoms with Gasteiger partial charge in [-0.25, -0.2) is 8.42 Å². The van der Waals surface area contributed by atoms with Gasteiger partial charge in [-0.05, 0) is 62.1 Å². The average molecular weight is 470 g/mol. The number of carbonyl (C=O) groups excluding carboxylic acids is 1. The van der Waals surface area contributed by atoms with E-state index in [4.69, 9.17) is 27.9 Å². The SMILES string of the molecule is Cc1cc(OC(C)C(=O)N(Cc2ccccc2Cl)C2CCS(=O)(=O)C2)cc(C)c1Cl. The van der Waals surface area contributed by atoms with Crippen molar-refractivity contribution in [3.8, 4) is 5.75 Å². The minimum atomic E-state index is -3.16. The molecule has 0 radical (unpaired) electrons. The van der Waals surface area contributed by atoms with Crippen molar-refractivity contribution in [1.82, 2.24) is 4.90 Å². The quantitative estimate of drug-likeness (QED) is 0.620. The van der Waals surface area contributed by atoms with Crippen LogP contribution in [0.15, 0.2) is 36.4 Å². The fourth-order valence-corrected chi connectivity index (χ4v) is 5.72. The lowest BCUT2D eigenvalue weighted by molar-refractivity contribution is -0.140. The fourth-order valence-electron chi connectivity index (χ4n) is 3.68. The van der Waals surface area contributed by atoms with E-state index < -0.39 is 22.0 Å². The minimum Gasteiger partial charge on any atom is -0.481 e. The van der Waals surface area contributed by atoms with Crippen molar-refractivity contribution in [3.05, 3.63) is 63.1 Å². The molecule has 0 aliphatic carbocycles. The summed E-state index contributed by atoms with van der Waals surface area (Å²) < 4.78 is 30.0. The number of hydrogen-bond acceptors (Lipinski definition) is 4. The second-order valence-electron chi connectivity index (χ2n) is 7.75. The van der Waals surface area contributed by atoms with Crippen LogP contribution < -0.4 is 4.74 Å². The lowest BCUT2D eigenvalue weighted by Gasteiger charge is -2.31. The molecule has 1 saturated heterocycles. The minimum absolute atomic E-state index is 0.0466. The highest BCUT2D eigenvalue weighted by molar-refractivity contribution is 7.91. The van der Waals surface area contributed by atoms with E-state index in [0.29, 0.717) is 22.2 Å². The maximum atomic E-state index is 13.3. The molecule has 8 heteroatoms. The summed E-state index contributed by atoms with van der Waals surface area (Å²) in [7, 11) is -3.16. The molecular formula is C22H25Cl2NO4S. The molecule has 30 heavy (non-hydrogen) atoms. The van der Waals surface area contributed by atoms with Gasteiger partial charge >= 0.3 is 0 Å². The van der Waals surface area contributed by atoms with Gasteiger partial charge in [0.15, 0.2) is 15.9 Å². The number of sulfone groups is 1. The number of amides is 1. The Kier molecular flexibility index (Phi) is 7.00. The van der Waals surface area contributed by atoms with Crippen molar-refractivity contribution in [2.24, 2.45) is 0 Å². The van der Waals surface area contributed by atoms with E-state index in [1.54, 1.807) is 30.0 Å². The van der Waals surface area contributed by atoms with Crippen molar-refractivity contribution in [3.63, 3.8) is 0 Å². The number of hydrogen-bond donors (Lipinski definition) is 0. The largest absolute Gasteiger partial charge is 0.481 e. The Morgan fingerprint density at radius 2 is 1.83 bits per heavy atom. The molecule has 162 valence electrons.